The van der Waals surface area contributed by atoms with Gasteiger partial charge < -0.3 is 16.2 Å². The van der Waals surface area contributed by atoms with Crippen molar-refractivity contribution < 1.29 is 9.13 Å². The summed E-state index contributed by atoms with van der Waals surface area (Å²) in [6, 6.07) is 16.6. The van der Waals surface area contributed by atoms with Crippen molar-refractivity contribution in [2.75, 3.05) is 12.8 Å². The van der Waals surface area contributed by atoms with Crippen LogP contribution in [-0.2, 0) is 5.54 Å². The molecule has 0 amide bonds. The quantitative estimate of drug-likeness (QED) is 0.465. The van der Waals surface area contributed by atoms with E-state index >= 15 is 0 Å². The summed E-state index contributed by atoms with van der Waals surface area (Å²) in [5, 5.41) is 0. The Morgan fingerprint density at radius 2 is 1.67 bits per heavy atom. The zero-order chi connectivity index (χ0) is 23.2. The van der Waals surface area contributed by atoms with E-state index in [9.17, 15) is 4.39 Å². The number of nitrogen functional groups attached to an aromatic ring is 1. The minimum Gasteiger partial charge on any atom is -0.494 e. The van der Waals surface area contributed by atoms with Gasteiger partial charge in [-0.25, -0.2) is 19.4 Å². The third-order valence-corrected chi connectivity index (χ3v) is 6.05. The summed E-state index contributed by atoms with van der Waals surface area (Å²) in [5.41, 5.74) is 17.2. The molecule has 1 atom stereocenters. The number of aromatic nitrogens is 2. The van der Waals surface area contributed by atoms with E-state index in [1.807, 2.05) is 49.4 Å². The van der Waals surface area contributed by atoms with E-state index in [1.165, 1.54) is 12.4 Å². The SMILES string of the molecule is COc1c(C)cc(C2(c3cccc(-c4cncnc4)c3)N=C(N)c3c(F)cccc32)cc1N. The topological polar surface area (TPSA) is 99.4 Å². The van der Waals surface area contributed by atoms with Gasteiger partial charge in [0.25, 0.3) is 0 Å². The Bertz CT molecular complexity index is 1380. The maximum absolute atomic E-state index is 14.9. The van der Waals surface area contributed by atoms with Crippen molar-refractivity contribution in [3.8, 4) is 16.9 Å². The molecule has 6 nitrogen and oxygen atoms in total. The van der Waals surface area contributed by atoms with Gasteiger partial charge in [0, 0.05) is 23.5 Å². The Hall–Kier alpha value is -4.26. The number of hydrogen-bond donors (Lipinski definition) is 2. The van der Waals surface area contributed by atoms with Crippen LogP contribution in [0, 0.1) is 12.7 Å². The number of nitrogens with two attached hydrogens (primary N) is 2. The maximum Gasteiger partial charge on any atom is 0.144 e. The molecule has 7 heteroatoms. The van der Waals surface area contributed by atoms with Crippen LogP contribution in [-0.4, -0.2) is 22.9 Å². The number of rotatable bonds is 4. The molecule has 33 heavy (non-hydrogen) atoms. The van der Waals surface area contributed by atoms with Crippen LogP contribution in [0.1, 0.15) is 27.8 Å². The van der Waals surface area contributed by atoms with Gasteiger partial charge in [-0.15, -0.1) is 0 Å². The van der Waals surface area contributed by atoms with Crippen LogP contribution in [0.4, 0.5) is 10.1 Å². The molecule has 1 aromatic heterocycles. The number of aryl methyl sites for hydroxylation is 1. The van der Waals surface area contributed by atoms with Gasteiger partial charge in [-0.05, 0) is 53.4 Å². The lowest BCUT2D eigenvalue weighted by atomic mass is 9.76. The molecule has 0 fully saturated rings. The largest absolute Gasteiger partial charge is 0.494 e. The number of ether oxygens (including phenoxy) is 1. The molecule has 1 aliphatic heterocycles. The van der Waals surface area contributed by atoms with Gasteiger partial charge in [0.15, 0.2) is 0 Å². The predicted octanol–water partition coefficient (Wildman–Crippen LogP) is 4.19. The maximum atomic E-state index is 14.9. The number of amidine groups is 1. The second-order valence-electron chi connectivity index (χ2n) is 7.99. The molecule has 2 heterocycles. The zero-order valence-electron chi connectivity index (χ0n) is 18.2. The summed E-state index contributed by atoms with van der Waals surface area (Å²) < 4.78 is 20.4. The van der Waals surface area contributed by atoms with Crippen LogP contribution >= 0.6 is 0 Å². The molecule has 0 spiro atoms. The van der Waals surface area contributed by atoms with Crippen molar-refractivity contribution in [3.05, 3.63) is 107 Å². The first kappa shape index (κ1) is 20.6. The molecular weight excluding hydrogens is 417 g/mol. The Labute approximate surface area is 190 Å². The zero-order valence-corrected chi connectivity index (χ0v) is 18.2. The van der Waals surface area contributed by atoms with Crippen molar-refractivity contribution in [2.45, 2.75) is 12.5 Å². The molecule has 5 rings (SSSR count). The number of aliphatic imine (C=N–C) groups is 1. The number of benzene rings is 3. The first-order valence-corrected chi connectivity index (χ1v) is 10.4. The second kappa shape index (κ2) is 7.70. The number of anilines is 1. The molecule has 0 radical (unpaired) electrons. The monoisotopic (exact) mass is 439 g/mol. The van der Waals surface area contributed by atoms with Crippen molar-refractivity contribution >= 4 is 11.5 Å². The van der Waals surface area contributed by atoms with Crippen LogP contribution < -0.4 is 16.2 Å². The van der Waals surface area contributed by atoms with Gasteiger partial charge in [-0.3, -0.25) is 0 Å². The van der Waals surface area contributed by atoms with Crippen LogP contribution in [0.2, 0.25) is 0 Å². The third kappa shape index (κ3) is 3.12. The first-order valence-electron chi connectivity index (χ1n) is 10.4. The molecule has 164 valence electrons. The molecule has 0 bridgehead atoms. The molecule has 0 aliphatic carbocycles. The average Bonchev–Trinajstić information content (AvgIpc) is 3.14. The van der Waals surface area contributed by atoms with Crippen molar-refractivity contribution in [1.29, 1.82) is 0 Å². The molecule has 0 saturated carbocycles. The fraction of sp³-hybridized carbons (Fsp3) is 0.115. The van der Waals surface area contributed by atoms with E-state index in [4.69, 9.17) is 21.2 Å². The van der Waals surface area contributed by atoms with E-state index in [0.29, 0.717) is 22.6 Å². The Balaban J connectivity index is 1.84. The summed E-state index contributed by atoms with van der Waals surface area (Å²) in [6.45, 7) is 1.92. The van der Waals surface area contributed by atoms with Gasteiger partial charge in [0.05, 0.1) is 18.4 Å². The van der Waals surface area contributed by atoms with Crippen LogP contribution in [0.25, 0.3) is 11.1 Å². The van der Waals surface area contributed by atoms with E-state index in [0.717, 1.165) is 27.8 Å². The highest BCUT2D eigenvalue weighted by atomic mass is 19.1. The minimum absolute atomic E-state index is 0.142. The molecule has 4 aromatic rings. The number of fused-ring (bicyclic) bond motifs is 1. The smallest absolute Gasteiger partial charge is 0.144 e. The third-order valence-electron chi connectivity index (χ3n) is 6.05. The highest BCUT2D eigenvalue weighted by Gasteiger charge is 2.44. The normalized spacial score (nSPS) is 16.9. The fourth-order valence-electron chi connectivity index (χ4n) is 4.65. The number of nitrogens with zero attached hydrogens (tertiary/aromatic N) is 3. The lowest BCUT2D eigenvalue weighted by molar-refractivity contribution is 0.413. The molecular formula is C26H22FN5O. The van der Waals surface area contributed by atoms with Crippen LogP contribution in [0.3, 0.4) is 0 Å². The first-order chi connectivity index (χ1) is 16.0. The van der Waals surface area contributed by atoms with Crippen molar-refractivity contribution in [2.24, 2.45) is 10.7 Å². The number of hydrogen-bond acceptors (Lipinski definition) is 6. The predicted molar refractivity (Wildman–Crippen MR) is 127 cm³/mol. The molecule has 1 unspecified atom stereocenters. The van der Waals surface area contributed by atoms with Crippen LogP contribution in [0.5, 0.6) is 5.75 Å². The lowest BCUT2D eigenvalue weighted by Crippen LogP contribution is -2.26. The summed E-state index contributed by atoms with van der Waals surface area (Å²) in [6.07, 6.45) is 4.97. The minimum atomic E-state index is -1.09. The van der Waals surface area contributed by atoms with Gasteiger partial charge in [-0.2, -0.15) is 0 Å². The fourth-order valence-corrected chi connectivity index (χ4v) is 4.65. The van der Waals surface area contributed by atoms with Gasteiger partial charge in [0.2, 0.25) is 0 Å². The van der Waals surface area contributed by atoms with Gasteiger partial charge in [-0.1, -0.05) is 30.3 Å². The second-order valence-corrected chi connectivity index (χ2v) is 7.99. The molecule has 4 N–H and O–H groups in total. The summed E-state index contributed by atoms with van der Waals surface area (Å²) >= 11 is 0. The van der Waals surface area contributed by atoms with Gasteiger partial charge >= 0.3 is 0 Å². The summed E-state index contributed by atoms with van der Waals surface area (Å²) in [4.78, 5) is 13.1. The highest BCUT2D eigenvalue weighted by molar-refractivity contribution is 6.03. The molecule has 1 aliphatic rings. The van der Waals surface area contributed by atoms with Gasteiger partial charge in [0.1, 0.15) is 29.3 Å². The van der Waals surface area contributed by atoms with E-state index in [2.05, 4.69) is 9.97 Å². The summed E-state index contributed by atoms with van der Waals surface area (Å²) in [5.74, 6) is 0.323. The Morgan fingerprint density at radius 1 is 0.909 bits per heavy atom. The number of halogens is 1. The lowest BCUT2D eigenvalue weighted by Gasteiger charge is -2.30. The standard InChI is InChI=1S/C26H22FN5O/c1-15-9-19(11-22(28)24(15)33-2)26(20-7-4-8-21(27)23(20)25(29)32-26)18-6-3-5-16(10-18)17-12-30-14-31-13-17/h3-14H,28H2,1-2H3,(H2,29,32). The van der Waals surface area contributed by atoms with E-state index < -0.39 is 11.4 Å². The highest BCUT2D eigenvalue weighted by Crippen LogP contribution is 2.48. The van der Waals surface area contributed by atoms with Crippen LogP contribution in [0.15, 0.2) is 78.3 Å². The average molecular weight is 439 g/mol. The van der Waals surface area contributed by atoms with E-state index in [1.54, 1.807) is 25.6 Å². The van der Waals surface area contributed by atoms with E-state index in [-0.39, 0.29) is 5.84 Å². The molecule has 3 aromatic carbocycles. The van der Waals surface area contributed by atoms with Crippen molar-refractivity contribution in [3.63, 3.8) is 0 Å². The Kier molecular flexibility index (Phi) is 4.82. The van der Waals surface area contributed by atoms with Crippen molar-refractivity contribution in [1.82, 2.24) is 9.97 Å². The number of methoxy groups -OCH3 is 1. The molecule has 0 saturated heterocycles. The summed E-state index contributed by atoms with van der Waals surface area (Å²) in [7, 11) is 1.58. The Morgan fingerprint density at radius 3 is 2.39 bits per heavy atom.